The summed E-state index contributed by atoms with van der Waals surface area (Å²) in [6.45, 7) is 1.51. The highest BCUT2D eigenvalue weighted by molar-refractivity contribution is 7.80. The number of carbonyl (C=O) groups excluding carboxylic acids is 1. The van der Waals surface area contributed by atoms with E-state index in [9.17, 15) is 9.59 Å². The van der Waals surface area contributed by atoms with Crippen molar-refractivity contribution in [3.63, 3.8) is 0 Å². The van der Waals surface area contributed by atoms with Crippen LogP contribution in [0.3, 0.4) is 0 Å². The molecule has 0 rings (SSSR count). The van der Waals surface area contributed by atoms with E-state index in [1.165, 1.54) is 0 Å². The SMILES string of the molecule is CC[C@H](CS)[C@H](N)C(=O)NCC(=O)O. The summed E-state index contributed by atoms with van der Waals surface area (Å²) in [6.07, 6.45) is 0.741. The molecule has 14 heavy (non-hydrogen) atoms. The number of thiol groups is 1. The highest BCUT2D eigenvalue weighted by Crippen LogP contribution is 2.08. The highest BCUT2D eigenvalue weighted by atomic mass is 32.1. The van der Waals surface area contributed by atoms with Crippen LogP contribution in [0.2, 0.25) is 0 Å². The highest BCUT2D eigenvalue weighted by Gasteiger charge is 2.21. The molecule has 2 atom stereocenters. The quantitative estimate of drug-likeness (QED) is 0.453. The molecule has 0 saturated heterocycles. The van der Waals surface area contributed by atoms with Gasteiger partial charge in [0.05, 0.1) is 6.04 Å². The number of hydrogen-bond donors (Lipinski definition) is 4. The molecule has 1 amide bonds. The van der Waals surface area contributed by atoms with E-state index in [4.69, 9.17) is 10.8 Å². The van der Waals surface area contributed by atoms with Crippen LogP contribution < -0.4 is 11.1 Å². The number of hydrogen-bond acceptors (Lipinski definition) is 4. The van der Waals surface area contributed by atoms with E-state index >= 15 is 0 Å². The summed E-state index contributed by atoms with van der Waals surface area (Å²) < 4.78 is 0. The number of amides is 1. The van der Waals surface area contributed by atoms with E-state index in [-0.39, 0.29) is 5.92 Å². The topological polar surface area (TPSA) is 92.4 Å². The van der Waals surface area contributed by atoms with Crippen molar-refractivity contribution < 1.29 is 14.7 Å². The Kier molecular flexibility index (Phi) is 6.31. The number of carboxylic acid groups (broad SMARTS) is 1. The van der Waals surface area contributed by atoms with Gasteiger partial charge in [0.25, 0.3) is 0 Å². The minimum absolute atomic E-state index is 0.0212. The lowest BCUT2D eigenvalue weighted by Gasteiger charge is -2.19. The lowest BCUT2D eigenvalue weighted by Crippen LogP contribution is -2.47. The van der Waals surface area contributed by atoms with Crippen LogP contribution in [0.25, 0.3) is 0 Å². The molecule has 0 heterocycles. The zero-order valence-corrected chi connectivity index (χ0v) is 8.96. The van der Waals surface area contributed by atoms with E-state index in [1.807, 2.05) is 6.92 Å². The Hall–Kier alpha value is -0.750. The summed E-state index contributed by atoms with van der Waals surface area (Å²) in [6, 6.07) is -0.683. The molecule has 0 aromatic carbocycles. The molecule has 4 N–H and O–H groups in total. The molecule has 5 nitrogen and oxygen atoms in total. The minimum Gasteiger partial charge on any atom is -0.480 e. The van der Waals surface area contributed by atoms with Gasteiger partial charge < -0.3 is 16.2 Å². The summed E-state index contributed by atoms with van der Waals surface area (Å²) in [5, 5.41) is 10.6. The smallest absolute Gasteiger partial charge is 0.322 e. The third-order valence-corrected chi connectivity index (χ3v) is 2.45. The Morgan fingerprint density at radius 1 is 1.57 bits per heavy atom. The Morgan fingerprint density at radius 2 is 2.14 bits per heavy atom. The van der Waals surface area contributed by atoms with Crippen LogP contribution in [0.4, 0.5) is 0 Å². The van der Waals surface area contributed by atoms with E-state index in [0.29, 0.717) is 5.75 Å². The van der Waals surface area contributed by atoms with Crippen molar-refractivity contribution in [2.75, 3.05) is 12.3 Å². The van der Waals surface area contributed by atoms with E-state index in [0.717, 1.165) is 6.42 Å². The van der Waals surface area contributed by atoms with Crippen molar-refractivity contribution in [1.82, 2.24) is 5.32 Å². The predicted molar refractivity (Wildman–Crippen MR) is 56.3 cm³/mol. The first kappa shape index (κ1) is 13.2. The number of carboxylic acids is 1. The third kappa shape index (κ3) is 4.48. The Labute approximate surface area is 88.5 Å². The van der Waals surface area contributed by atoms with Crippen LogP contribution in [0, 0.1) is 5.92 Å². The number of carbonyl (C=O) groups is 2. The average molecular weight is 220 g/mol. The lowest BCUT2D eigenvalue weighted by atomic mass is 9.99. The average Bonchev–Trinajstić information content (AvgIpc) is 2.15. The van der Waals surface area contributed by atoms with Crippen LogP contribution in [-0.4, -0.2) is 35.3 Å². The molecule has 0 aliphatic rings. The molecular formula is C8H16N2O3S. The minimum atomic E-state index is -1.08. The van der Waals surface area contributed by atoms with Gasteiger partial charge in [-0.15, -0.1) is 0 Å². The van der Waals surface area contributed by atoms with Crippen molar-refractivity contribution in [2.24, 2.45) is 11.7 Å². The number of nitrogens with one attached hydrogen (secondary N) is 1. The fourth-order valence-electron chi connectivity index (χ4n) is 0.991. The van der Waals surface area contributed by atoms with Gasteiger partial charge in [-0.05, 0) is 11.7 Å². The molecule has 0 radical (unpaired) electrons. The Morgan fingerprint density at radius 3 is 2.50 bits per heavy atom. The molecule has 0 aromatic heterocycles. The summed E-state index contributed by atoms with van der Waals surface area (Å²) in [4.78, 5) is 21.4. The fourth-order valence-corrected chi connectivity index (χ4v) is 1.48. The lowest BCUT2D eigenvalue weighted by molar-refractivity contribution is -0.138. The molecule has 0 unspecified atom stereocenters. The van der Waals surface area contributed by atoms with E-state index in [2.05, 4.69) is 17.9 Å². The molecule has 0 saturated carbocycles. The molecule has 0 bridgehead atoms. The van der Waals surface area contributed by atoms with E-state index in [1.54, 1.807) is 0 Å². The van der Waals surface area contributed by atoms with E-state index < -0.39 is 24.5 Å². The molecule has 0 fully saturated rings. The number of nitrogens with two attached hydrogens (primary N) is 1. The van der Waals surface area contributed by atoms with Crippen LogP contribution in [0.1, 0.15) is 13.3 Å². The van der Waals surface area contributed by atoms with Gasteiger partial charge in [0.2, 0.25) is 5.91 Å². The van der Waals surface area contributed by atoms with Gasteiger partial charge >= 0.3 is 5.97 Å². The zero-order chi connectivity index (χ0) is 11.1. The molecule has 0 aliphatic carbocycles. The maximum Gasteiger partial charge on any atom is 0.322 e. The molecule has 0 spiro atoms. The Bertz CT molecular complexity index is 207. The summed E-state index contributed by atoms with van der Waals surface area (Å²) in [7, 11) is 0. The van der Waals surface area contributed by atoms with Crippen molar-refractivity contribution in [3.05, 3.63) is 0 Å². The van der Waals surface area contributed by atoms with Gasteiger partial charge in [0.1, 0.15) is 6.54 Å². The van der Waals surface area contributed by atoms with Crippen molar-refractivity contribution in [3.8, 4) is 0 Å². The maximum atomic E-state index is 11.3. The largest absolute Gasteiger partial charge is 0.480 e. The molecule has 0 aromatic rings. The van der Waals surface area contributed by atoms with Crippen LogP contribution in [0.5, 0.6) is 0 Å². The number of aliphatic carboxylic acids is 1. The maximum absolute atomic E-state index is 11.3. The summed E-state index contributed by atoms with van der Waals surface area (Å²) in [5.74, 6) is -1.03. The van der Waals surface area contributed by atoms with Gasteiger partial charge in [-0.3, -0.25) is 9.59 Å². The summed E-state index contributed by atoms with van der Waals surface area (Å²) in [5.41, 5.74) is 5.61. The van der Waals surface area contributed by atoms with Gasteiger partial charge in [0, 0.05) is 0 Å². The first-order valence-electron chi connectivity index (χ1n) is 4.38. The standard InChI is InChI=1S/C8H16N2O3S/c1-2-5(4-14)7(9)8(13)10-3-6(11)12/h5,7,14H,2-4,9H2,1H3,(H,10,13)(H,11,12)/t5-,7+/m1/s1. The molecule has 6 heteroatoms. The predicted octanol–water partition coefficient (Wildman–Crippen LogP) is -0.529. The molecule has 82 valence electrons. The van der Waals surface area contributed by atoms with Gasteiger partial charge in [-0.25, -0.2) is 0 Å². The van der Waals surface area contributed by atoms with Crippen molar-refractivity contribution in [1.29, 1.82) is 0 Å². The fraction of sp³-hybridized carbons (Fsp3) is 0.750. The second-order valence-corrected chi connectivity index (χ2v) is 3.35. The van der Waals surface area contributed by atoms with Gasteiger partial charge in [-0.1, -0.05) is 13.3 Å². The van der Waals surface area contributed by atoms with Crippen LogP contribution in [-0.2, 0) is 9.59 Å². The molecule has 0 aliphatic heterocycles. The second-order valence-electron chi connectivity index (χ2n) is 2.99. The van der Waals surface area contributed by atoms with Gasteiger partial charge in [0.15, 0.2) is 0 Å². The number of rotatable bonds is 6. The third-order valence-electron chi connectivity index (χ3n) is 1.98. The second kappa shape index (κ2) is 6.67. The van der Waals surface area contributed by atoms with Crippen molar-refractivity contribution in [2.45, 2.75) is 19.4 Å². The normalized spacial score (nSPS) is 14.5. The zero-order valence-electron chi connectivity index (χ0n) is 8.06. The van der Waals surface area contributed by atoms with Gasteiger partial charge in [-0.2, -0.15) is 12.6 Å². The first-order valence-corrected chi connectivity index (χ1v) is 5.02. The molecular weight excluding hydrogens is 204 g/mol. The first-order chi connectivity index (χ1) is 6.52. The monoisotopic (exact) mass is 220 g/mol. The van der Waals surface area contributed by atoms with Crippen molar-refractivity contribution >= 4 is 24.5 Å². The Balaban J connectivity index is 4.03. The summed E-state index contributed by atoms with van der Waals surface area (Å²) >= 11 is 4.06. The van der Waals surface area contributed by atoms with Crippen LogP contribution in [0.15, 0.2) is 0 Å². The van der Waals surface area contributed by atoms with Crippen LogP contribution >= 0.6 is 12.6 Å².